The van der Waals surface area contributed by atoms with Crippen LogP contribution in [-0.2, 0) is 15.7 Å². The predicted octanol–water partition coefficient (Wildman–Crippen LogP) is 5.99. The van der Waals surface area contributed by atoms with Gasteiger partial charge in [0.1, 0.15) is 11.5 Å². The summed E-state index contributed by atoms with van der Waals surface area (Å²) in [7, 11) is -0.406. The van der Waals surface area contributed by atoms with Crippen molar-refractivity contribution in [3.63, 3.8) is 0 Å². The second-order valence-electron chi connectivity index (χ2n) is 9.45. The van der Waals surface area contributed by atoms with E-state index in [1.807, 2.05) is 24.3 Å². The Hall–Kier alpha value is -2.56. The van der Waals surface area contributed by atoms with Crippen molar-refractivity contribution in [2.24, 2.45) is 0 Å². The third-order valence-corrected chi connectivity index (χ3v) is 6.57. The molecule has 1 saturated heterocycles. The number of hydrogen-bond acceptors (Lipinski definition) is 3. The quantitative estimate of drug-likeness (QED) is 0.481. The van der Waals surface area contributed by atoms with Crippen LogP contribution < -0.4 is 10.2 Å². The van der Waals surface area contributed by atoms with Crippen molar-refractivity contribution in [1.29, 1.82) is 0 Å². The van der Waals surface area contributed by atoms with Crippen molar-refractivity contribution in [2.45, 2.75) is 59.2 Å². The molecule has 0 atom stereocenters. The lowest BCUT2D eigenvalue weighted by Gasteiger charge is -2.32. The van der Waals surface area contributed by atoms with Crippen molar-refractivity contribution in [3.05, 3.63) is 89.0 Å². The number of aryl methyl sites for hydroxylation is 1. The van der Waals surface area contributed by atoms with Gasteiger partial charge in [-0.05, 0) is 99.9 Å². The standard InChI is InChI=1S/C27H31BO3/c1-19-15-24(18-25(20(19)2)28-30-26(3,4)27(5,6)31-28)29-23-14-10-13-22(17-23)16-21-11-8-7-9-12-21/h7-15,17-18H,16H2,1-6H3. The minimum atomic E-state index is -0.406. The summed E-state index contributed by atoms with van der Waals surface area (Å²) in [6.07, 6.45) is 0.879. The van der Waals surface area contributed by atoms with Gasteiger partial charge in [0.05, 0.1) is 11.2 Å². The number of rotatable bonds is 5. The zero-order valence-corrected chi connectivity index (χ0v) is 19.4. The summed E-state index contributed by atoms with van der Waals surface area (Å²) >= 11 is 0. The van der Waals surface area contributed by atoms with Gasteiger partial charge < -0.3 is 14.0 Å². The highest BCUT2D eigenvalue weighted by Gasteiger charge is 2.52. The van der Waals surface area contributed by atoms with E-state index in [0.29, 0.717) is 0 Å². The first-order valence-corrected chi connectivity index (χ1v) is 10.9. The lowest BCUT2D eigenvalue weighted by molar-refractivity contribution is 0.00578. The molecule has 0 aliphatic carbocycles. The Morgan fingerprint density at radius 1 is 0.742 bits per heavy atom. The molecule has 3 nitrogen and oxygen atoms in total. The minimum absolute atomic E-state index is 0.374. The lowest BCUT2D eigenvalue weighted by atomic mass is 9.75. The molecule has 160 valence electrons. The van der Waals surface area contributed by atoms with E-state index >= 15 is 0 Å². The first-order valence-electron chi connectivity index (χ1n) is 10.9. The van der Waals surface area contributed by atoms with Gasteiger partial charge in [-0.2, -0.15) is 0 Å². The third kappa shape index (κ3) is 4.56. The first kappa shape index (κ1) is 21.7. The Bertz CT molecular complexity index is 1060. The normalized spacial score (nSPS) is 17.0. The van der Waals surface area contributed by atoms with Crippen LogP contribution in [0.1, 0.15) is 49.9 Å². The van der Waals surface area contributed by atoms with E-state index in [0.717, 1.165) is 28.9 Å². The van der Waals surface area contributed by atoms with E-state index in [2.05, 4.69) is 84.0 Å². The SMILES string of the molecule is Cc1cc(Oc2cccc(Cc3ccccc3)c2)cc(B2OC(C)(C)C(C)(C)O2)c1C. The fraction of sp³-hybridized carbons (Fsp3) is 0.333. The molecule has 1 aliphatic heterocycles. The van der Waals surface area contributed by atoms with E-state index in [1.165, 1.54) is 16.7 Å². The zero-order valence-electron chi connectivity index (χ0n) is 19.4. The Balaban J connectivity index is 1.58. The maximum Gasteiger partial charge on any atom is 0.495 e. The van der Waals surface area contributed by atoms with Crippen molar-refractivity contribution >= 4 is 12.6 Å². The van der Waals surface area contributed by atoms with Crippen LogP contribution in [-0.4, -0.2) is 18.3 Å². The van der Waals surface area contributed by atoms with Gasteiger partial charge in [-0.15, -0.1) is 0 Å². The molecule has 4 rings (SSSR count). The fourth-order valence-corrected chi connectivity index (χ4v) is 3.81. The predicted molar refractivity (Wildman–Crippen MR) is 127 cm³/mol. The molecular weight excluding hydrogens is 383 g/mol. The molecule has 3 aromatic rings. The molecule has 1 aliphatic rings. The number of hydrogen-bond donors (Lipinski definition) is 0. The van der Waals surface area contributed by atoms with Crippen molar-refractivity contribution in [3.8, 4) is 11.5 Å². The molecule has 0 amide bonds. The third-order valence-electron chi connectivity index (χ3n) is 6.57. The van der Waals surface area contributed by atoms with Gasteiger partial charge in [0.25, 0.3) is 0 Å². The van der Waals surface area contributed by atoms with Crippen molar-refractivity contribution in [1.82, 2.24) is 0 Å². The highest BCUT2D eigenvalue weighted by Crippen LogP contribution is 2.37. The molecule has 0 aromatic heterocycles. The van der Waals surface area contributed by atoms with Gasteiger partial charge in [0.2, 0.25) is 0 Å². The van der Waals surface area contributed by atoms with Crippen molar-refractivity contribution < 1.29 is 14.0 Å². The molecule has 0 spiro atoms. The molecule has 1 fully saturated rings. The summed E-state index contributed by atoms with van der Waals surface area (Å²) in [4.78, 5) is 0. The van der Waals surface area contributed by atoms with E-state index in [9.17, 15) is 0 Å². The largest absolute Gasteiger partial charge is 0.495 e. The van der Waals surface area contributed by atoms with Crippen LogP contribution in [0.2, 0.25) is 0 Å². The van der Waals surface area contributed by atoms with Gasteiger partial charge in [0.15, 0.2) is 0 Å². The molecule has 0 N–H and O–H groups in total. The van der Waals surface area contributed by atoms with Gasteiger partial charge in [-0.1, -0.05) is 42.5 Å². The van der Waals surface area contributed by atoms with E-state index in [1.54, 1.807) is 0 Å². The first-order chi connectivity index (χ1) is 14.6. The van der Waals surface area contributed by atoms with Crippen molar-refractivity contribution in [2.75, 3.05) is 0 Å². The molecule has 0 radical (unpaired) electrons. The van der Waals surface area contributed by atoms with Gasteiger partial charge in [-0.25, -0.2) is 0 Å². The minimum Gasteiger partial charge on any atom is -0.457 e. The van der Waals surface area contributed by atoms with Gasteiger partial charge >= 0.3 is 7.12 Å². The maximum atomic E-state index is 6.30. The second kappa shape index (κ2) is 8.18. The Morgan fingerprint density at radius 3 is 2.06 bits per heavy atom. The summed E-state index contributed by atoms with van der Waals surface area (Å²) < 4.78 is 18.9. The molecule has 0 saturated carbocycles. The van der Waals surface area contributed by atoms with E-state index < -0.39 is 7.12 Å². The topological polar surface area (TPSA) is 27.7 Å². The number of benzene rings is 3. The second-order valence-corrected chi connectivity index (χ2v) is 9.45. The Kier molecular flexibility index (Phi) is 5.72. The monoisotopic (exact) mass is 414 g/mol. The summed E-state index contributed by atoms with van der Waals surface area (Å²) in [6, 6.07) is 22.9. The molecule has 0 bridgehead atoms. The molecule has 1 heterocycles. The fourth-order valence-electron chi connectivity index (χ4n) is 3.81. The average molecular weight is 414 g/mol. The highest BCUT2D eigenvalue weighted by atomic mass is 16.7. The molecule has 3 aromatic carbocycles. The van der Waals surface area contributed by atoms with Crippen LogP contribution in [0.25, 0.3) is 0 Å². The van der Waals surface area contributed by atoms with Crippen LogP contribution in [0, 0.1) is 13.8 Å². The Labute approximate surface area is 186 Å². The van der Waals surface area contributed by atoms with Crippen LogP contribution >= 0.6 is 0 Å². The van der Waals surface area contributed by atoms with Crippen LogP contribution in [0.4, 0.5) is 0 Å². The van der Waals surface area contributed by atoms with Gasteiger partial charge in [-0.3, -0.25) is 0 Å². The van der Waals surface area contributed by atoms with Crippen LogP contribution in [0.15, 0.2) is 66.7 Å². The lowest BCUT2D eigenvalue weighted by Crippen LogP contribution is -2.41. The molecular formula is C27H31BO3. The summed E-state index contributed by atoms with van der Waals surface area (Å²) in [5.41, 5.74) is 5.11. The summed E-state index contributed by atoms with van der Waals surface area (Å²) in [5.74, 6) is 1.63. The van der Waals surface area contributed by atoms with E-state index in [-0.39, 0.29) is 11.2 Å². The molecule has 31 heavy (non-hydrogen) atoms. The highest BCUT2D eigenvalue weighted by molar-refractivity contribution is 6.62. The molecule has 0 unspecified atom stereocenters. The summed E-state index contributed by atoms with van der Waals surface area (Å²) in [6.45, 7) is 12.5. The average Bonchev–Trinajstić information content (AvgIpc) is 2.92. The van der Waals surface area contributed by atoms with Gasteiger partial charge in [0, 0.05) is 0 Å². The van der Waals surface area contributed by atoms with Crippen LogP contribution in [0.3, 0.4) is 0 Å². The van der Waals surface area contributed by atoms with E-state index in [4.69, 9.17) is 14.0 Å². The Morgan fingerprint density at radius 2 is 1.39 bits per heavy atom. The number of ether oxygens (including phenoxy) is 1. The zero-order chi connectivity index (χ0) is 22.2. The maximum absolute atomic E-state index is 6.30. The summed E-state index contributed by atoms with van der Waals surface area (Å²) in [5, 5.41) is 0. The van der Waals surface area contributed by atoms with Crippen LogP contribution in [0.5, 0.6) is 11.5 Å². The smallest absolute Gasteiger partial charge is 0.457 e. The molecule has 4 heteroatoms.